The van der Waals surface area contributed by atoms with Crippen LogP contribution in [0.25, 0.3) is 0 Å². The molecule has 3 rings (SSSR count). The van der Waals surface area contributed by atoms with Gasteiger partial charge in [0.1, 0.15) is 0 Å². The molecule has 0 radical (unpaired) electrons. The van der Waals surface area contributed by atoms with Crippen molar-refractivity contribution in [1.82, 2.24) is 4.90 Å². The van der Waals surface area contributed by atoms with Crippen LogP contribution in [0.3, 0.4) is 0 Å². The van der Waals surface area contributed by atoms with Gasteiger partial charge in [-0.15, -0.1) is 0 Å². The molecule has 1 aliphatic carbocycles. The molecule has 0 aromatic heterocycles. The van der Waals surface area contributed by atoms with Crippen LogP contribution in [-0.4, -0.2) is 47.7 Å². The average molecular weight is 324 g/mol. The third kappa shape index (κ3) is 2.96. The summed E-state index contributed by atoms with van der Waals surface area (Å²) in [4.78, 5) is 25.5. The monoisotopic (exact) mass is 323 g/mol. The van der Waals surface area contributed by atoms with E-state index in [0.717, 1.165) is 18.4 Å². The van der Waals surface area contributed by atoms with E-state index in [0.29, 0.717) is 24.7 Å². The Morgan fingerprint density at radius 3 is 2.82 bits per heavy atom. The van der Waals surface area contributed by atoms with E-state index in [1.54, 1.807) is 11.0 Å². The molecular weight excluding hydrogens is 306 g/mol. The molecule has 1 saturated carbocycles. The Balaban J connectivity index is 1.74. The molecule has 5 nitrogen and oxygen atoms in total. The van der Waals surface area contributed by atoms with E-state index in [1.165, 1.54) is 0 Å². The highest BCUT2D eigenvalue weighted by Gasteiger charge is 2.53. The van der Waals surface area contributed by atoms with Gasteiger partial charge in [0.2, 0.25) is 5.91 Å². The number of carboxylic acid groups (broad SMARTS) is 1. The van der Waals surface area contributed by atoms with E-state index >= 15 is 0 Å². The lowest BCUT2D eigenvalue weighted by molar-refractivity contribution is -0.149. The second kappa shape index (κ2) is 5.89. The molecule has 0 spiro atoms. The van der Waals surface area contributed by atoms with Gasteiger partial charge in [0, 0.05) is 18.1 Å². The van der Waals surface area contributed by atoms with E-state index in [2.05, 4.69) is 0 Å². The molecule has 22 heavy (non-hydrogen) atoms. The molecule has 2 fully saturated rings. The van der Waals surface area contributed by atoms with Gasteiger partial charge >= 0.3 is 5.97 Å². The Labute approximate surface area is 133 Å². The van der Waals surface area contributed by atoms with Crippen molar-refractivity contribution in [1.29, 1.82) is 0 Å². The van der Waals surface area contributed by atoms with E-state index in [9.17, 15) is 9.59 Å². The van der Waals surface area contributed by atoms with Gasteiger partial charge in [-0.25, -0.2) is 0 Å². The number of aliphatic carboxylic acids is 1. The topological polar surface area (TPSA) is 66.8 Å². The number of carbonyl (C=O) groups excluding carboxylic acids is 1. The second-order valence-electron chi connectivity index (χ2n) is 5.93. The van der Waals surface area contributed by atoms with E-state index in [1.807, 2.05) is 18.2 Å². The Bertz CT molecular complexity index is 600. The van der Waals surface area contributed by atoms with Crippen molar-refractivity contribution in [2.75, 3.05) is 19.7 Å². The van der Waals surface area contributed by atoms with Crippen molar-refractivity contribution >= 4 is 23.5 Å². The van der Waals surface area contributed by atoms with Gasteiger partial charge in [-0.3, -0.25) is 9.59 Å². The summed E-state index contributed by atoms with van der Waals surface area (Å²) in [6, 6.07) is 7.44. The number of morpholine rings is 1. The first-order chi connectivity index (χ1) is 10.5. The summed E-state index contributed by atoms with van der Waals surface area (Å²) in [5.74, 6) is -0.844. The molecule has 1 heterocycles. The molecule has 1 aromatic rings. The number of rotatable bonds is 4. The second-order valence-corrected chi connectivity index (χ2v) is 6.37. The summed E-state index contributed by atoms with van der Waals surface area (Å²) in [5.41, 5.74) is 0.474. The molecule has 1 N–H and O–H groups in total. The lowest BCUT2D eigenvalue weighted by Crippen LogP contribution is -2.49. The average Bonchev–Trinajstić information content (AvgIpc) is 3.28. The summed E-state index contributed by atoms with van der Waals surface area (Å²) in [7, 11) is 0. The predicted octanol–water partition coefficient (Wildman–Crippen LogP) is 2.07. The fraction of sp³-hybridized carbons (Fsp3) is 0.500. The van der Waals surface area contributed by atoms with Crippen LogP contribution < -0.4 is 0 Å². The number of halogens is 1. The lowest BCUT2D eigenvalue weighted by atomic mass is 9.94. The molecule has 1 unspecified atom stereocenters. The summed E-state index contributed by atoms with van der Waals surface area (Å²) in [5, 5.41) is 9.50. The van der Waals surface area contributed by atoms with Gasteiger partial charge in [0.15, 0.2) is 0 Å². The summed E-state index contributed by atoms with van der Waals surface area (Å²) >= 11 is 6.04. The van der Waals surface area contributed by atoms with E-state index < -0.39 is 17.5 Å². The Hall–Kier alpha value is -1.59. The summed E-state index contributed by atoms with van der Waals surface area (Å²) < 4.78 is 5.43. The number of hydrogen-bond donors (Lipinski definition) is 1. The van der Waals surface area contributed by atoms with Crippen molar-refractivity contribution in [3.05, 3.63) is 34.9 Å². The van der Waals surface area contributed by atoms with Crippen molar-refractivity contribution in [2.24, 2.45) is 0 Å². The SMILES string of the molecule is O=C(O)CC1CN(C(=O)C2(c3cccc(Cl)c3)CC2)CCO1. The maximum absolute atomic E-state index is 12.9. The summed E-state index contributed by atoms with van der Waals surface area (Å²) in [6.45, 7) is 1.24. The highest BCUT2D eigenvalue weighted by atomic mass is 35.5. The van der Waals surface area contributed by atoms with Gasteiger partial charge in [-0.1, -0.05) is 23.7 Å². The molecule has 1 atom stereocenters. The van der Waals surface area contributed by atoms with Crippen molar-refractivity contribution in [3.63, 3.8) is 0 Å². The largest absolute Gasteiger partial charge is 0.481 e. The molecule has 1 amide bonds. The zero-order valence-corrected chi connectivity index (χ0v) is 12.9. The van der Waals surface area contributed by atoms with Gasteiger partial charge in [0.25, 0.3) is 0 Å². The summed E-state index contributed by atoms with van der Waals surface area (Å²) in [6.07, 6.45) is 1.12. The molecule has 2 aliphatic rings. The van der Waals surface area contributed by atoms with Crippen molar-refractivity contribution in [2.45, 2.75) is 30.8 Å². The van der Waals surface area contributed by atoms with E-state index in [4.69, 9.17) is 21.4 Å². The fourth-order valence-electron chi connectivity index (χ4n) is 3.06. The van der Waals surface area contributed by atoms with Gasteiger partial charge in [0.05, 0.1) is 24.5 Å². The molecule has 1 saturated heterocycles. The number of carboxylic acids is 1. The highest BCUT2D eigenvalue weighted by Crippen LogP contribution is 2.50. The third-order valence-corrected chi connectivity index (χ3v) is 4.60. The number of benzene rings is 1. The van der Waals surface area contributed by atoms with Crippen LogP contribution >= 0.6 is 11.6 Å². The Kier molecular flexibility index (Phi) is 4.10. The normalized spacial score (nSPS) is 23.1. The number of hydrogen-bond acceptors (Lipinski definition) is 3. The third-order valence-electron chi connectivity index (χ3n) is 4.36. The van der Waals surface area contributed by atoms with Crippen molar-refractivity contribution < 1.29 is 19.4 Å². The Morgan fingerprint density at radius 1 is 1.41 bits per heavy atom. The standard InChI is InChI=1S/C16H18ClNO4/c17-12-3-1-2-11(8-12)16(4-5-16)15(21)18-6-7-22-13(10-18)9-14(19)20/h1-3,8,13H,4-7,9-10H2,(H,19,20). The van der Waals surface area contributed by atoms with Gasteiger partial charge in [-0.2, -0.15) is 0 Å². The first-order valence-electron chi connectivity index (χ1n) is 7.40. The minimum atomic E-state index is -0.907. The predicted molar refractivity (Wildman–Crippen MR) is 80.9 cm³/mol. The minimum absolute atomic E-state index is 0.0634. The quantitative estimate of drug-likeness (QED) is 0.921. The molecule has 6 heteroatoms. The van der Waals surface area contributed by atoms with Crippen LogP contribution in [0.5, 0.6) is 0 Å². The first kappa shape index (κ1) is 15.3. The lowest BCUT2D eigenvalue weighted by Gasteiger charge is -2.35. The number of amides is 1. The van der Waals surface area contributed by atoms with Crippen LogP contribution in [0.2, 0.25) is 5.02 Å². The number of carbonyl (C=O) groups is 2. The number of nitrogens with zero attached hydrogens (tertiary/aromatic N) is 1. The van der Waals surface area contributed by atoms with E-state index in [-0.39, 0.29) is 12.3 Å². The van der Waals surface area contributed by atoms with Gasteiger partial charge < -0.3 is 14.7 Å². The van der Waals surface area contributed by atoms with Crippen LogP contribution in [0.1, 0.15) is 24.8 Å². The number of ether oxygens (including phenoxy) is 1. The van der Waals surface area contributed by atoms with Crippen molar-refractivity contribution in [3.8, 4) is 0 Å². The van der Waals surface area contributed by atoms with Crippen LogP contribution in [0.15, 0.2) is 24.3 Å². The van der Waals surface area contributed by atoms with Crippen LogP contribution in [-0.2, 0) is 19.7 Å². The zero-order chi connectivity index (χ0) is 15.7. The van der Waals surface area contributed by atoms with Crippen LogP contribution in [0.4, 0.5) is 0 Å². The molecule has 1 aromatic carbocycles. The highest BCUT2D eigenvalue weighted by molar-refractivity contribution is 6.30. The molecular formula is C16H18ClNO4. The smallest absolute Gasteiger partial charge is 0.306 e. The van der Waals surface area contributed by atoms with Gasteiger partial charge in [-0.05, 0) is 30.5 Å². The minimum Gasteiger partial charge on any atom is -0.481 e. The van der Waals surface area contributed by atoms with Crippen LogP contribution in [0, 0.1) is 0 Å². The maximum Gasteiger partial charge on any atom is 0.306 e. The fourth-order valence-corrected chi connectivity index (χ4v) is 3.25. The maximum atomic E-state index is 12.9. The Morgan fingerprint density at radius 2 is 2.18 bits per heavy atom. The first-order valence-corrected chi connectivity index (χ1v) is 7.78. The zero-order valence-electron chi connectivity index (χ0n) is 12.1. The molecule has 1 aliphatic heterocycles. The molecule has 0 bridgehead atoms. The molecule has 118 valence electrons.